The molecule has 0 bridgehead atoms. The highest BCUT2D eigenvalue weighted by Gasteiger charge is 1.85. The van der Waals surface area contributed by atoms with E-state index < -0.39 is 0 Å². The molecule has 0 saturated heterocycles. The van der Waals surface area contributed by atoms with Gasteiger partial charge in [-0.05, 0) is 37.1 Å². The van der Waals surface area contributed by atoms with Gasteiger partial charge in [0.05, 0.1) is 0 Å². The molecule has 0 aromatic carbocycles. The summed E-state index contributed by atoms with van der Waals surface area (Å²) in [7, 11) is 0. The van der Waals surface area contributed by atoms with E-state index in [-0.39, 0.29) is 0 Å². The first-order valence-corrected chi connectivity index (χ1v) is 4.17. The Kier molecular flexibility index (Phi) is 4.09. The first kappa shape index (κ1) is 8.94. The summed E-state index contributed by atoms with van der Waals surface area (Å²) >= 11 is 0. The first-order chi connectivity index (χ1) is 5.93. The lowest BCUT2D eigenvalue weighted by Gasteiger charge is -1.92. The van der Waals surface area contributed by atoms with Crippen molar-refractivity contribution in [1.29, 1.82) is 0 Å². The molecule has 0 fully saturated rings. The van der Waals surface area contributed by atoms with Gasteiger partial charge in [0, 0.05) is 12.4 Å². The minimum Gasteiger partial charge on any atom is -0.330 e. The van der Waals surface area contributed by atoms with E-state index >= 15 is 0 Å². The maximum Gasteiger partial charge on any atom is 0.0270 e. The van der Waals surface area contributed by atoms with Crippen molar-refractivity contribution in [1.82, 2.24) is 4.98 Å². The van der Waals surface area contributed by atoms with Gasteiger partial charge >= 0.3 is 0 Å². The maximum atomic E-state index is 5.35. The number of nitrogens with two attached hydrogens (primary N) is 1. The van der Waals surface area contributed by atoms with E-state index in [1.165, 1.54) is 5.56 Å². The fraction of sp³-hybridized carbons (Fsp3) is 0.300. The summed E-state index contributed by atoms with van der Waals surface area (Å²) in [5.41, 5.74) is 6.64. The molecule has 0 saturated carbocycles. The number of nitrogens with zero attached hydrogens (tertiary/aromatic N) is 1. The molecule has 12 heavy (non-hydrogen) atoms. The van der Waals surface area contributed by atoms with Gasteiger partial charge in [-0.1, -0.05) is 12.2 Å². The normalized spacial score (nSPS) is 10.8. The Hall–Kier alpha value is -1.15. The molecular weight excluding hydrogens is 148 g/mol. The zero-order valence-electron chi connectivity index (χ0n) is 7.11. The molecule has 0 aliphatic heterocycles. The first-order valence-electron chi connectivity index (χ1n) is 4.17. The molecular formula is C10H14N2. The molecule has 2 heteroatoms. The lowest BCUT2D eigenvalue weighted by molar-refractivity contribution is 1.00. The van der Waals surface area contributed by atoms with Crippen molar-refractivity contribution >= 4 is 0 Å². The number of hydrogen-bond donors (Lipinski definition) is 1. The summed E-state index contributed by atoms with van der Waals surface area (Å²) in [5, 5.41) is 0. The third-order valence-electron chi connectivity index (χ3n) is 1.60. The molecule has 0 aliphatic rings. The van der Waals surface area contributed by atoms with Crippen LogP contribution in [0.3, 0.4) is 0 Å². The maximum absolute atomic E-state index is 5.35. The molecule has 1 rings (SSSR count). The van der Waals surface area contributed by atoms with Crippen LogP contribution in [0.2, 0.25) is 0 Å². The number of hydrogen-bond acceptors (Lipinski definition) is 2. The summed E-state index contributed by atoms with van der Waals surface area (Å²) in [6.45, 7) is 0.729. The van der Waals surface area contributed by atoms with Crippen molar-refractivity contribution in [3.8, 4) is 0 Å². The number of aromatic nitrogens is 1. The zero-order valence-corrected chi connectivity index (χ0v) is 7.11. The Morgan fingerprint density at radius 2 is 2.00 bits per heavy atom. The van der Waals surface area contributed by atoms with Gasteiger partial charge in [-0.3, -0.25) is 4.98 Å². The Bertz CT molecular complexity index is 229. The van der Waals surface area contributed by atoms with Crippen LogP contribution in [0.4, 0.5) is 0 Å². The Balaban J connectivity index is 2.33. The average Bonchev–Trinajstić information content (AvgIpc) is 2.14. The van der Waals surface area contributed by atoms with Crippen LogP contribution in [0.25, 0.3) is 0 Å². The Morgan fingerprint density at radius 3 is 2.67 bits per heavy atom. The summed E-state index contributed by atoms with van der Waals surface area (Å²) < 4.78 is 0. The quantitative estimate of drug-likeness (QED) is 0.682. The van der Waals surface area contributed by atoms with E-state index in [2.05, 4.69) is 17.1 Å². The highest BCUT2D eigenvalue weighted by atomic mass is 14.6. The second-order valence-electron chi connectivity index (χ2n) is 2.61. The van der Waals surface area contributed by atoms with Gasteiger partial charge in [0.2, 0.25) is 0 Å². The molecule has 0 amide bonds. The third kappa shape index (κ3) is 3.30. The van der Waals surface area contributed by atoms with Gasteiger partial charge in [-0.15, -0.1) is 0 Å². The van der Waals surface area contributed by atoms with E-state index in [1.54, 1.807) is 0 Å². The highest BCUT2D eigenvalue weighted by molar-refractivity contribution is 5.13. The van der Waals surface area contributed by atoms with Gasteiger partial charge in [-0.25, -0.2) is 0 Å². The van der Waals surface area contributed by atoms with E-state index in [9.17, 15) is 0 Å². The Morgan fingerprint density at radius 1 is 1.25 bits per heavy atom. The molecule has 64 valence electrons. The van der Waals surface area contributed by atoms with Crippen LogP contribution in [-0.4, -0.2) is 11.5 Å². The van der Waals surface area contributed by atoms with Crippen LogP contribution in [-0.2, 0) is 6.42 Å². The molecule has 0 aliphatic carbocycles. The van der Waals surface area contributed by atoms with Crippen molar-refractivity contribution in [2.45, 2.75) is 12.8 Å². The SMILES string of the molecule is NCCC=CCc1ccncc1. The van der Waals surface area contributed by atoms with E-state index in [0.717, 1.165) is 19.4 Å². The molecule has 0 atom stereocenters. The monoisotopic (exact) mass is 162 g/mol. The molecule has 0 spiro atoms. The molecule has 2 nitrogen and oxygen atoms in total. The lowest BCUT2D eigenvalue weighted by Crippen LogP contribution is -1.95. The smallest absolute Gasteiger partial charge is 0.0270 e. The molecule has 1 heterocycles. The molecule has 1 aromatic rings. The third-order valence-corrected chi connectivity index (χ3v) is 1.60. The molecule has 0 radical (unpaired) electrons. The van der Waals surface area contributed by atoms with Crippen molar-refractivity contribution in [2.24, 2.45) is 5.73 Å². The summed E-state index contributed by atoms with van der Waals surface area (Å²) in [4.78, 5) is 3.95. The van der Waals surface area contributed by atoms with Crippen molar-refractivity contribution in [3.63, 3.8) is 0 Å². The van der Waals surface area contributed by atoms with Gasteiger partial charge < -0.3 is 5.73 Å². The predicted molar refractivity (Wildman–Crippen MR) is 50.8 cm³/mol. The van der Waals surface area contributed by atoms with Crippen LogP contribution >= 0.6 is 0 Å². The highest BCUT2D eigenvalue weighted by Crippen LogP contribution is 1.98. The second kappa shape index (κ2) is 5.49. The number of allylic oxidation sites excluding steroid dienone is 1. The van der Waals surface area contributed by atoms with Crippen LogP contribution < -0.4 is 5.73 Å². The van der Waals surface area contributed by atoms with Crippen LogP contribution in [0.5, 0.6) is 0 Å². The van der Waals surface area contributed by atoms with Crippen LogP contribution in [0, 0.1) is 0 Å². The minimum atomic E-state index is 0.729. The summed E-state index contributed by atoms with van der Waals surface area (Å²) in [6.07, 6.45) is 9.81. The van der Waals surface area contributed by atoms with Crippen molar-refractivity contribution in [3.05, 3.63) is 42.2 Å². The number of pyridine rings is 1. The van der Waals surface area contributed by atoms with Crippen molar-refractivity contribution in [2.75, 3.05) is 6.54 Å². The Labute approximate surface area is 73.1 Å². The van der Waals surface area contributed by atoms with Gasteiger partial charge in [0.1, 0.15) is 0 Å². The second-order valence-corrected chi connectivity index (χ2v) is 2.61. The van der Waals surface area contributed by atoms with Crippen LogP contribution in [0.1, 0.15) is 12.0 Å². The summed E-state index contributed by atoms with van der Waals surface area (Å²) in [6, 6.07) is 4.04. The van der Waals surface area contributed by atoms with E-state index in [0.29, 0.717) is 0 Å². The van der Waals surface area contributed by atoms with Crippen LogP contribution in [0.15, 0.2) is 36.7 Å². The molecule has 2 N–H and O–H groups in total. The van der Waals surface area contributed by atoms with E-state index in [4.69, 9.17) is 5.73 Å². The number of rotatable bonds is 4. The minimum absolute atomic E-state index is 0.729. The van der Waals surface area contributed by atoms with Gasteiger partial charge in [0.15, 0.2) is 0 Å². The largest absolute Gasteiger partial charge is 0.330 e. The van der Waals surface area contributed by atoms with Gasteiger partial charge in [-0.2, -0.15) is 0 Å². The fourth-order valence-electron chi connectivity index (χ4n) is 0.952. The van der Waals surface area contributed by atoms with Crippen molar-refractivity contribution < 1.29 is 0 Å². The van der Waals surface area contributed by atoms with E-state index in [1.807, 2.05) is 24.5 Å². The summed E-state index contributed by atoms with van der Waals surface area (Å²) in [5.74, 6) is 0. The molecule has 0 unspecified atom stereocenters. The standard InChI is InChI=1S/C10H14N2/c11-7-3-1-2-4-10-5-8-12-9-6-10/h1-2,5-6,8-9H,3-4,7,11H2. The topological polar surface area (TPSA) is 38.9 Å². The predicted octanol–water partition coefficient (Wildman–Crippen LogP) is 1.53. The lowest BCUT2D eigenvalue weighted by atomic mass is 10.2. The average molecular weight is 162 g/mol. The zero-order chi connectivity index (χ0) is 8.65. The van der Waals surface area contributed by atoms with Gasteiger partial charge in [0.25, 0.3) is 0 Å². The molecule has 1 aromatic heterocycles. The fourth-order valence-corrected chi connectivity index (χ4v) is 0.952.